The van der Waals surface area contributed by atoms with Gasteiger partial charge < -0.3 is 10.2 Å². The van der Waals surface area contributed by atoms with Crippen LogP contribution >= 0.6 is 0 Å². The van der Waals surface area contributed by atoms with E-state index in [1.807, 2.05) is 42.5 Å². The van der Waals surface area contributed by atoms with E-state index in [2.05, 4.69) is 5.43 Å². The van der Waals surface area contributed by atoms with Crippen molar-refractivity contribution in [3.63, 3.8) is 0 Å². The first-order valence-electron chi connectivity index (χ1n) is 5.59. The van der Waals surface area contributed by atoms with Crippen LogP contribution in [0.15, 0.2) is 30.3 Å². The van der Waals surface area contributed by atoms with Gasteiger partial charge in [0.1, 0.15) is 12.2 Å². The molecule has 1 aromatic carbocycles. The fourth-order valence-electron chi connectivity index (χ4n) is 1.43. The topological polar surface area (TPSA) is 79.9 Å². The summed E-state index contributed by atoms with van der Waals surface area (Å²) < 4.78 is 0. The lowest BCUT2D eigenvalue weighted by Crippen LogP contribution is -2.35. The molecule has 5 heteroatoms. The molecule has 0 aliphatic heterocycles. The van der Waals surface area contributed by atoms with Crippen molar-refractivity contribution < 1.29 is 4.79 Å². The number of carbonyl (C=O) groups excluding carboxylic acids is 1. The molecular formula is C13H14N4O. The molecule has 0 amide bonds. The Morgan fingerprint density at radius 2 is 1.94 bits per heavy atom. The summed E-state index contributed by atoms with van der Waals surface area (Å²) in [5, 5.41) is 19.2. The van der Waals surface area contributed by atoms with Crippen molar-refractivity contribution >= 4 is 12.0 Å². The van der Waals surface area contributed by atoms with Crippen molar-refractivity contribution in [1.29, 1.82) is 10.5 Å². The second-order valence-electron chi connectivity index (χ2n) is 3.69. The van der Waals surface area contributed by atoms with E-state index in [-0.39, 0.29) is 6.54 Å². The van der Waals surface area contributed by atoms with Gasteiger partial charge in [-0.2, -0.15) is 10.5 Å². The molecule has 18 heavy (non-hydrogen) atoms. The monoisotopic (exact) mass is 242 g/mol. The lowest BCUT2D eigenvalue weighted by molar-refractivity contribution is -0.108. The van der Waals surface area contributed by atoms with Crippen LogP contribution in [0.1, 0.15) is 6.42 Å². The van der Waals surface area contributed by atoms with E-state index < -0.39 is 5.92 Å². The second-order valence-corrected chi connectivity index (χ2v) is 3.69. The van der Waals surface area contributed by atoms with Crippen LogP contribution in [-0.4, -0.2) is 24.4 Å². The highest BCUT2D eigenvalue weighted by atomic mass is 16.1. The number of hydrogen-bond donors (Lipinski definition) is 1. The molecule has 1 aromatic rings. The first-order chi connectivity index (χ1) is 8.80. The predicted molar refractivity (Wildman–Crippen MR) is 67.0 cm³/mol. The third kappa shape index (κ3) is 4.65. The quantitative estimate of drug-likeness (QED) is 0.580. The van der Waals surface area contributed by atoms with Crippen molar-refractivity contribution in [3.8, 4) is 12.1 Å². The smallest absolute Gasteiger partial charge is 0.147 e. The van der Waals surface area contributed by atoms with Gasteiger partial charge in [0.25, 0.3) is 0 Å². The average Bonchev–Trinajstić information content (AvgIpc) is 2.42. The number of hydrogen-bond acceptors (Lipinski definition) is 5. The van der Waals surface area contributed by atoms with E-state index in [9.17, 15) is 4.79 Å². The van der Waals surface area contributed by atoms with E-state index in [1.54, 1.807) is 5.01 Å². The Hall–Kier alpha value is -2.37. The van der Waals surface area contributed by atoms with Crippen molar-refractivity contribution in [2.45, 2.75) is 6.42 Å². The molecule has 0 atom stereocenters. The Bertz CT molecular complexity index is 432. The molecule has 0 aromatic heterocycles. The van der Waals surface area contributed by atoms with E-state index >= 15 is 0 Å². The summed E-state index contributed by atoms with van der Waals surface area (Å²) in [5.41, 5.74) is 3.94. The number of nitriles is 2. The molecule has 0 radical (unpaired) electrons. The number of nitrogens with one attached hydrogen (secondary N) is 1. The van der Waals surface area contributed by atoms with Gasteiger partial charge in [0.2, 0.25) is 0 Å². The number of benzene rings is 1. The normalized spacial score (nSPS) is 9.78. The second kappa shape index (κ2) is 7.83. The van der Waals surface area contributed by atoms with Crippen LogP contribution in [0.3, 0.4) is 0 Å². The molecule has 0 saturated heterocycles. The van der Waals surface area contributed by atoms with Crippen LogP contribution in [0, 0.1) is 28.6 Å². The van der Waals surface area contributed by atoms with Gasteiger partial charge in [-0.05, 0) is 12.1 Å². The lowest BCUT2D eigenvalue weighted by Gasteiger charge is -2.23. The van der Waals surface area contributed by atoms with Crippen LogP contribution in [0.2, 0.25) is 0 Å². The fourth-order valence-corrected chi connectivity index (χ4v) is 1.43. The van der Waals surface area contributed by atoms with Gasteiger partial charge in [0, 0.05) is 25.2 Å². The molecule has 0 fully saturated rings. The van der Waals surface area contributed by atoms with Crippen LogP contribution in [0.25, 0.3) is 0 Å². The first kappa shape index (κ1) is 13.7. The Labute approximate surface area is 106 Å². The summed E-state index contributed by atoms with van der Waals surface area (Å²) >= 11 is 0. The summed E-state index contributed by atoms with van der Waals surface area (Å²) in [6.07, 6.45) is 1.16. The van der Waals surface area contributed by atoms with E-state index in [1.165, 1.54) is 0 Å². The number of anilines is 1. The molecule has 0 saturated carbocycles. The Morgan fingerprint density at radius 1 is 1.28 bits per heavy atom. The highest BCUT2D eigenvalue weighted by molar-refractivity contribution is 5.49. The standard InChI is InChI=1S/C13H14N4O/c14-9-12(10-15)11-17(7-4-8-18)16-13-5-2-1-3-6-13/h1-3,5-6,8,12,16H,4,7,11H2. The zero-order valence-corrected chi connectivity index (χ0v) is 9.91. The molecule has 0 unspecified atom stereocenters. The number of aldehydes is 1. The Kier molecular flexibility index (Phi) is 5.96. The molecule has 0 heterocycles. The van der Waals surface area contributed by atoms with Gasteiger partial charge in [-0.1, -0.05) is 18.2 Å². The minimum Gasteiger partial charge on any atom is -0.319 e. The van der Waals surface area contributed by atoms with Crippen molar-refractivity contribution in [2.24, 2.45) is 5.92 Å². The maximum absolute atomic E-state index is 10.4. The van der Waals surface area contributed by atoms with Crippen molar-refractivity contribution in [3.05, 3.63) is 30.3 Å². The molecule has 1 N–H and O–H groups in total. The number of nitrogens with zero attached hydrogens (tertiary/aromatic N) is 3. The molecule has 0 aliphatic carbocycles. The zero-order chi connectivity index (χ0) is 13.2. The van der Waals surface area contributed by atoms with Gasteiger partial charge in [0.15, 0.2) is 0 Å². The molecule has 92 valence electrons. The van der Waals surface area contributed by atoms with Crippen LogP contribution in [0.5, 0.6) is 0 Å². The Morgan fingerprint density at radius 3 is 2.50 bits per heavy atom. The van der Waals surface area contributed by atoms with E-state index in [0.29, 0.717) is 13.0 Å². The highest BCUT2D eigenvalue weighted by Gasteiger charge is 2.12. The van der Waals surface area contributed by atoms with E-state index in [0.717, 1.165) is 12.0 Å². The summed E-state index contributed by atoms with van der Waals surface area (Å²) in [5.74, 6) is -0.715. The van der Waals surface area contributed by atoms with Gasteiger partial charge in [0.05, 0.1) is 12.1 Å². The Balaban J connectivity index is 2.64. The van der Waals surface area contributed by atoms with Crippen LogP contribution < -0.4 is 5.43 Å². The van der Waals surface area contributed by atoms with Crippen LogP contribution in [0.4, 0.5) is 5.69 Å². The first-order valence-corrected chi connectivity index (χ1v) is 5.59. The summed E-state index contributed by atoms with van der Waals surface area (Å²) in [6.45, 7) is 0.716. The van der Waals surface area contributed by atoms with Crippen molar-refractivity contribution in [2.75, 3.05) is 18.5 Å². The lowest BCUT2D eigenvalue weighted by atomic mass is 10.2. The molecule has 0 spiro atoms. The third-order valence-corrected chi connectivity index (χ3v) is 2.29. The molecule has 0 bridgehead atoms. The minimum atomic E-state index is -0.715. The molecular weight excluding hydrogens is 228 g/mol. The van der Waals surface area contributed by atoms with Gasteiger partial charge in [-0.3, -0.25) is 0 Å². The fraction of sp³-hybridized carbons (Fsp3) is 0.308. The number of para-hydroxylation sites is 1. The summed E-state index contributed by atoms with van der Waals surface area (Å²) in [4.78, 5) is 10.4. The van der Waals surface area contributed by atoms with Gasteiger partial charge in [-0.15, -0.1) is 0 Å². The van der Waals surface area contributed by atoms with Gasteiger partial charge in [-0.25, -0.2) is 5.01 Å². The molecule has 0 aliphatic rings. The predicted octanol–water partition coefficient (Wildman–Crippen LogP) is 1.57. The minimum absolute atomic E-state index is 0.260. The summed E-state index contributed by atoms with van der Waals surface area (Å²) in [6, 6.07) is 13.2. The zero-order valence-electron chi connectivity index (χ0n) is 9.91. The molecule has 5 nitrogen and oxygen atoms in total. The molecule has 1 rings (SSSR count). The SMILES string of the molecule is N#CC(C#N)CN(CCC=O)Nc1ccccc1. The maximum Gasteiger partial charge on any atom is 0.147 e. The van der Waals surface area contributed by atoms with Crippen molar-refractivity contribution in [1.82, 2.24) is 5.01 Å². The average molecular weight is 242 g/mol. The maximum atomic E-state index is 10.4. The summed E-state index contributed by atoms with van der Waals surface area (Å²) in [7, 11) is 0. The van der Waals surface area contributed by atoms with Crippen LogP contribution in [-0.2, 0) is 4.79 Å². The largest absolute Gasteiger partial charge is 0.319 e. The highest BCUT2D eigenvalue weighted by Crippen LogP contribution is 2.08. The third-order valence-electron chi connectivity index (χ3n) is 2.29. The van der Waals surface area contributed by atoms with Gasteiger partial charge >= 0.3 is 0 Å². The number of rotatable bonds is 7. The number of carbonyl (C=O) groups is 1. The number of hydrazine groups is 1. The van der Waals surface area contributed by atoms with E-state index in [4.69, 9.17) is 10.5 Å².